The maximum absolute atomic E-state index is 4.81. The van der Waals surface area contributed by atoms with Crippen molar-refractivity contribution in [3.05, 3.63) is 17.6 Å². The second-order valence-electron chi connectivity index (χ2n) is 10.2. The van der Waals surface area contributed by atoms with Gasteiger partial charge in [0.05, 0.1) is 5.69 Å². The highest BCUT2D eigenvalue weighted by Crippen LogP contribution is 2.29. The molecule has 0 unspecified atom stereocenters. The Morgan fingerprint density at radius 2 is 1.43 bits per heavy atom. The minimum absolute atomic E-state index is 0.844. The van der Waals surface area contributed by atoms with E-state index >= 15 is 0 Å². The van der Waals surface area contributed by atoms with Crippen LogP contribution < -0.4 is 4.90 Å². The van der Waals surface area contributed by atoms with E-state index in [-0.39, 0.29) is 0 Å². The van der Waals surface area contributed by atoms with Crippen LogP contribution in [0.2, 0.25) is 0 Å². The number of rotatable bonds is 4. The molecule has 4 aliphatic rings. The number of aromatic nitrogens is 2. The van der Waals surface area contributed by atoms with E-state index in [1.165, 1.54) is 114 Å². The van der Waals surface area contributed by atoms with Crippen molar-refractivity contribution in [2.75, 3.05) is 50.7 Å². The third-order valence-electron chi connectivity index (χ3n) is 8.30. The molecule has 0 aromatic carbocycles. The van der Waals surface area contributed by atoms with Crippen LogP contribution in [0, 0.1) is 5.92 Å². The van der Waals surface area contributed by atoms with E-state index in [9.17, 15) is 0 Å². The number of hydrogen-bond donors (Lipinski definition) is 0. The van der Waals surface area contributed by atoms with Gasteiger partial charge in [-0.25, -0.2) is 9.97 Å². The molecule has 0 atom stereocenters. The third kappa shape index (κ3) is 4.83. The van der Waals surface area contributed by atoms with Gasteiger partial charge in [-0.15, -0.1) is 0 Å². The smallest absolute Gasteiger partial charge is 0.135 e. The van der Waals surface area contributed by atoms with Gasteiger partial charge in [-0.2, -0.15) is 0 Å². The molecule has 2 aliphatic heterocycles. The zero-order chi connectivity index (χ0) is 20.2. The van der Waals surface area contributed by atoms with Crippen LogP contribution in [-0.2, 0) is 12.8 Å². The molecule has 3 fully saturated rings. The van der Waals surface area contributed by atoms with Crippen LogP contribution in [0.5, 0.6) is 0 Å². The quantitative estimate of drug-likeness (QED) is 0.751. The molecule has 0 bridgehead atoms. The summed E-state index contributed by atoms with van der Waals surface area (Å²) in [5.41, 5.74) is 2.77. The van der Waals surface area contributed by atoms with Gasteiger partial charge >= 0.3 is 0 Å². The molecule has 1 saturated heterocycles. The van der Waals surface area contributed by atoms with Gasteiger partial charge in [-0.3, -0.25) is 4.90 Å². The molecule has 2 aliphatic carbocycles. The van der Waals surface area contributed by atoms with Gasteiger partial charge in [-0.05, 0) is 38.0 Å². The lowest BCUT2D eigenvalue weighted by Gasteiger charge is -2.41. The fraction of sp³-hybridized carbons (Fsp3) is 0.840. The number of nitrogens with zero attached hydrogens (tertiary/aromatic N) is 5. The topological polar surface area (TPSA) is 35.5 Å². The molecule has 30 heavy (non-hydrogen) atoms. The Bertz CT molecular complexity index is 672. The van der Waals surface area contributed by atoms with Crippen molar-refractivity contribution in [3.63, 3.8) is 0 Å². The van der Waals surface area contributed by atoms with Crippen LogP contribution >= 0.6 is 0 Å². The Labute approximate surface area is 183 Å². The largest absolute Gasteiger partial charge is 0.354 e. The maximum atomic E-state index is 4.81. The van der Waals surface area contributed by atoms with Gasteiger partial charge in [-0.1, -0.05) is 38.5 Å². The van der Waals surface area contributed by atoms with E-state index in [2.05, 4.69) is 14.7 Å². The zero-order valence-corrected chi connectivity index (χ0v) is 18.9. The summed E-state index contributed by atoms with van der Waals surface area (Å²) in [6.07, 6.45) is 18.4. The van der Waals surface area contributed by atoms with E-state index in [0.717, 1.165) is 37.9 Å². The predicted octanol–water partition coefficient (Wildman–Crippen LogP) is 3.91. The fourth-order valence-corrected chi connectivity index (χ4v) is 6.49. The molecule has 5 nitrogen and oxygen atoms in total. The van der Waals surface area contributed by atoms with E-state index in [4.69, 9.17) is 9.97 Å². The number of fused-ring (bicyclic) bond motifs is 1. The van der Waals surface area contributed by atoms with Crippen molar-refractivity contribution in [3.8, 4) is 0 Å². The number of piperazine rings is 1. The van der Waals surface area contributed by atoms with Crippen LogP contribution in [0.15, 0.2) is 6.33 Å². The van der Waals surface area contributed by atoms with Crippen molar-refractivity contribution in [1.29, 1.82) is 0 Å². The monoisotopic (exact) mass is 411 g/mol. The summed E-state index contributed by atoms with van der Waals surface area (Å²) in [5.74, 6) is 2.18. The normalized spacial score (nSPS) is 25.8. The molecule has 2 saturated carbocycles. The Morgan fingerprint density at radius 3 is 2.20 bits per heavy atom. The first-order chi connectivity index (χ1) is 14.9. The zero-order valence-electron chi connectivity index (χ0n) is 18.9. The molecule has 5 rings (SSSR count). The Balaban J connectivity index is 1.20. The van der Waals surface area contributed by atoms with Gasteiger partial charge in [0.2, 0.25) is 0 Å². The molecule has 0 N–H and O–H groups in total. The standard InChI is InChI=1S/C25H41N5/c1-3-7-21(8-4-1)19-28-13-11-23-24(12-14-28)26-20-27-25(23)30-17-15-29(16-18-30)22-9-5-2-6-10-22/h20-22H,1-19H2. The molecule has 166 valence electrons. The first kappa shape index (κ1) is 20.7. The van der Waals surface area contributed by atoms with Gasteiger partial charge in [0.1, 0.15) is 12.1 Å². The van der Waals surface area contributed by atoms with Gasteiger partial charge in [0.15, 0.2) is 0 Å². The van der Waals surface area contributed by atoms with Crippen LogP contribution in [-0.4, -0.2) is 71.6 Å². The van der Waals surface area contributed by atoms with Crippen molar-refractivity contribution in [2.45, 2.75) is 83.1 Å². The number of hydrogen-bond acceptors (Lipinski definition) is 5. The lowest BCUT2D eigenvalue weighted by Crippen LogP contribution is -2.51. The molecule has 1 aromatic heterocycles. The summed E-state index contributed by atoms with van der Waals surface area (Å²) in [6.45, 7) is 8.34. The minimum atomic E-state index is 0.844. The Hall–Kier alpha value is -1.20. The summed E-state index contributed by atoms with van der Waals surface area (Å²) in [5, 5.41) is 0. The van der Waals surface area contributed by atoms with Crippen molar-refractivity contribution in [2.24, 2.45) is 5.92 Å². The summed E-state index contributed by atoms with van der Waals surface area (Å²) in [6, 6.07) is 0.844. The summed E-state index contributed by atoms with van der Waals surface area (Å²) in [7, 11) is 0. The second-order valence-corrected chi connectivity index (χ2v) is 10.2. The first-order valence-corrected chi connectivity index (χ1v) is 12.9. The van der Waals surface area contributed by atoms with Gasteiger partial charge < -0.3 is 9.80 Å². The minimum Gasteiger partial charge on any atom is -0.354 e. The highest BCUT2D eigenvalue weighted by molar-refractivity contribution is 5.49. The van der Waals surface area contributed by atoms with E-state index in [0.29, 0.717) is 0 Å². The average molecular weight is 412 g/mol. The molecule has 0 spiro atoms. The Kier molecular flexibility index (Phi) is 6.86. The number of anilines is 1. The maximum Gasteiger partial charge on any atom is 0.135 e. The molecule has 1 aromatic rings. The Morgan fingerprint density at radius 1 is 0.733 bits per heavy atom. The molecule has 3 heterocycles. The van der Waals surface area contributed by atoms with E-state index in [1.807, 2.05) is 6.33 Å². The molecular weight excluding hydrogens is 370 g/mol. The van der Waals surface area contributed by atoms with Crippen LogP contribution in [0.1, 0.15) is 75.5 Å². The molecule has 0 amide bonds. The molecular formula is C25H41N5. The highest BCUT2D eigenvalue weighted by Gasteiger charge is 2.28. The highest BCUT2D eigenvalue weighted by atomic mass is 15.3. The van der Waals surface area contributed by atoms with Crippen LogP contribution in [0.4, 0.5) is 5.82 Å². The van der Waals surface area contributed by atoms with Crippen molar-refractivity contribution >= 4 is 5.82 Å². The predicted molar refractivity (Wildman–Crippen MR) is 123 cm³/mol. The van der Waals surface area contributed by atoms with Gasteiger partial charge in [0.25, 0.3) is 0 Å². The summed E-state index contributed by atoms with van der Waals surface area (Å²) < 4.78 is 0. The van der Waals surface area contributed by atoms with Gasteiger partial charge in [0, 0.05) is 63.8 Å². The fourth-order valence-electron chi connectivity index (χ4n) is 6.49. The summed E-state index contributed by atoms with van der Waals surface area (Å²) >= 11 is 0. The van der Waals surface area contributed by atoms with Crippen LogP contribution in [0.25, 0.3) is 0 Å². The first-order valence-electron chi connectivity index (χ1n) is 12.9. The second kappa shape index (κ2) is 9.95. The van der Waals surface area contributed by atoms with Crippen molar-refractivity contribution < 1.29 is 0 Å². The summed E-state index contributed by atoms with van der Waals surface area (Å²) in [4.78, 5) is 17.6. The third-order valence-corrected chi connectivity index (χ3v) is 8.30. The van der Waals surface area contributed by atoms with Crippen molar-refractivity contribution in [1.82, 2.24) is 19.8 Å². The lowest BCUT2D eigenvalue weighted by molar-refractivity contribution is 0.147. The lowest BCUT2D eigenvalue weighted by atomic mass is 9.89. The van der Waals surface area contributed by atoms with Crippen LogP contribution in [0.3, 0.4) is 0 Å². The SMILES string of the molecule is c1nc2c(c(N3CCN(C4CCCCC4)CC3)n1)CCN(CC1CCCCC1)CC2. The van der Waals surface area contributed by atoms with E-state index < -0.39 is 0 Å². The molecule has 5 heteroatoms. The average Bonchev–Trinajstić information content (AvgIpc) is 3.03. The molecule has 0 radical (unpaired) electrons. The van der Waals surface area contributed by atoms with E-state index in [1.54, 1.807) is 0 Å².